The van der Waals surface area contributed by atoms with Crippen LogP contribution >= 0.6 is 11.3 Å². The Bertz CT molecular complexity index is 1030. The van der Waals surface area contributed by atoms with Gasteiger partial charge in [0.05, 0.1) is 10.6 Å². The van der Waals surface area contributed by atoms with Gasteiger partial charge >= 0.3 is 12.1 Å². The number of anilines is 1. The lowest BCUT2D eigenvalue weighted by Gasteiger charge is -2.36. The number of benzene rings is 1. The van der Waals surface area contributed by atoms with E-state index in [1.54, 1.807) is 16.2 Å². The first kappa shape index (κ1) is 21.1. The van der Waals surface area contributed by atoms with E-state index in [0.717, 1.165) is 28.5 Å². The van der Waals surface area contributed by atoms with E-state index in [1.807, 2.05) is 69.3 Å². The summed E-state index contributed by atoms with van der Waals surface area (Å²) in [7, 11) is 0. The van der Waals surface area contributed by atoms with Crippen molar-refractivity contribution >= 4 is 40.2 Å². The SMILES string of the molecule is CC(C)(C)OC(=O)N1CCN(c2ccc(/C=C3\C(=O)ON=C3c3ccccc3)s2)CC1. The van der Waals surface area contributed by atoms with Gasteiger partial charge in [-0.1, -0.05) is 35.5 Å². The average molecular weight is 440 g/mol. The highest BCUT2D eigenvalue weighted by Gasteiger charge is 2.28. The van der Waals surface area contributed by atoms with Crippen molar-refractivity contribution in [1.82, 2.24) is 4.90 Å². The number of carbonyl (C=O) groups excluding carboxylic acids is 2. The highest BCUT2D eigenvalue weighted by Crippen LogP contribution is 2.30. The number of thiophene rings is 1. The van der Waals surface area contributed by atoms with Crippen LogP contribution in [0.25, 0.3) is 6.08 Å². The van der Waals surface area contributed by atoms with Crippen LogP contribution in [-0.4, -0.2) is 54.5 Å². The van der Waals surface area contributed by atoms with Crippen molar-refractivity contribution in [3.8, 4) is 0 Å². The number of hydrogen-bond acceptors (Lipinski definition) is 7. The predicted molar refractivity (Wildman–Crippen MR) is 121 cm³/mol. The van der Waals surface area contributed by atoms with E-state index >= 15 is 0 Å². The summed E-state index contributed by atoms with van der Waals surface area (Å²) in [6, 6.07) is 13.6. The van der Waals surface area contributed by atoms with Crippen molar-refractivity contribution in [2.75, 3.05) is 31.1 Å². The molecule has 0 N–H and O–H groups in total. The zero-order valence-corrected chi connectivity index (χ0v) is 18.6. The Morgan fingerprint density at radius 2 is 1.81 bits per heavy atom. The second kappa shape index (κ2) is 8.55. The van der Waals surface area contributed by atoms with E-state index in [9.17, 15) is 9.59 Å². The van der Waals surface area contributed by atoms with Crippen LogP contribution in [0.3, 0.4) is 0 Å². The molecule has 4 rings (SSSR count). The molecular weight excluding hydrogens is 414 g/mol. The predicted octanol–water partition coefficient (Wildman–Crippen LogP) is 4.15. The molecule has 0 aliphatic carbocycles. The van der Waals surface area contributed by atoms with E-state index in [0.29, 0.717) is 24.4 Å². The number of hydrogen-bond donors (Lipinski definition) is 0. The van der Waals surface area contributed by atoms with Crippen LogP contribution in [0.4, 0.5) is 9.80 Å². The third-order valence-electron chi connectivity index (χ3n) is 4.88. The molecule has 0 unspecified atom stereocenters. The molecular formula is C23H25N3O4S. The number of rotatable bonds is 3. The van der Waals surface area contributed by atoms with Gasteiger partial charge in [-0.25, -0.2) is 9.59 Å². The molecule has 31 heavy (non-hydrogen) atoms. The molecule has 1 amide bonds. The molecule has 7 nitrogen and oxygen atoms in total. The van der Waals surface area contributed by atoms with E-state index in [-0.39, 0.29) is 6.09 Å². The van der Waals surface area contributed by atoms with Crippen molar-refractivity contribution in [3.05, 3.63) is 58.5 Å². The van der Waals surface area contributed by atoms with Gasteiger partial charge in [0.25, 0.3) is 0 Å². The Hall–Kier alpha value is -3.13. The third-order valence-corrected chi connectivity index (χ3v) is 5.98. The van der Waals surface area contributed by atoms with Crippen molar-refractivity contribution in [2.45, 2.75) is 26.4 Å². The molecule has 2 aromatic rings. The van der Waals surface area contributed by atoms with E-state index in [4.69, 9.17) is 9.57 Å². The normalized spacial score (nSPS) is 18.2. The van der Waals surface area contributed by atoms with Gasteiger partial charge in [0.2, 0.25) is 0 Å². The first-order valence-corrected chi connectivity index (χ1v) is 11.0. The molecule has 1 aromatic carbocycles. The number of oxime groups is 1. The van der Waals surface area contributed by atoms with Crippen LogP contribution in [0.15, 0.2) is 53.2 Å². The molecule has 1 saturated heterocycles. The lowest BCUT2D eigenvalue weighted by molar-refractivity contribution is -0.136. The Morgan fingerprint density at radius 3 is 2.48 bits per heavy atom. The average Bonchev–Trinajstić information content (AvgIpc) is 3.35. The van der Waals surface area contributed by atoms with Gasteiger partial charge in [-0.05, 0) is 39.0 Å². The van der Waals surface area contributed by atoms with Gasteiger partial charge in [-0.3, -0.25) is 0 Å². The summed E-state index contributed by atoms with van der Waals surface area (Å²) in [5, 5.41) is 5.05. The van der Waals surface area contributed by atoms with E-state index in [1.165, 1.54) is 0 Å². The van der Waals surface area contributed by atoms with Crippen LogP contribution in [0.1, 0.15) is 31.2 Å². The van der Waals surface area contributed by atoms with Crippen molar-refractivity contribution in [3.63, 3.8) is 0 Å². The second-order valence-corrected chi connectivity index (χ2v) is 9.47. The Labute approximate surface area is 185 Å². The molecule has 0 saturated carbocycles. The lowest BCUT2D eigenvalue weighted by Crippen LogP contribution is -2.49. The number of piperazine rings is 1. The van der Waals surface area contributed by atoms with Crippen molar-refractivity contribution in [2.24, 2.45) is 5.16 Å². The van der Waals surface area contributed by atoms with Crippen molar-refractivity contribution in [1.29, 1.82) is 0 Å². The summed E-state index contributed by atoms with van der Waals surface area (Å²) in [6.45, 7) is 8.30. The fraction of sp³-hybridized carbons (Fsp3) is 0.348. The summed E-state index contributed by atoms with van der Waals surface area (Å²) in [6.07, 6.45) is 1.56. The fourth-order valence-corrected chi connectivity index (χ4v) is 4.38. The summed E-state index contributed by atoms with van der Waals surface area (Å²) < 4.78 is 5.46. The van der Waals surface area contributed by atoms with Crippen LogP contribution < -0.4 is 4.90 Å². The smallest absolute Gasteiger partial charge is 0.410 e. The number of carbonyl (C=O) groups is 2. The topological polar surface area (TPSA) is 71.4 Å². The van der Waals surface area contributed by atoms with Crippen LogP contribution in [-0.2, 0) is 14.4 Å². The second-order valence-electron chi connectivity index (χ2n) is 8.37. The number of ether oxygens (including phenoxy) is 1. The van der Waals surface area contributed by atoms with E-state index < -0.39 is 11.6 Å². The van der Waals surface area contributed by atoms with Gasteiger partial charge in [0.1, 0.15) is 11.3 Å². The third kappa shape index (κ3) is 4.96. The summed E-state index contributed by atoms with van der Waals surface area (Å²) >= 11 is 1.60. The van der Waals surface area contributed by atoms with Gasteiger partial charge in [0, 0.05) is 36.6 Å². The maximum absolute atomic E-state index is 12.3. The molecule has 2 aliphatic heterocycles. The Balaban J connectivity index is 1.43. The maximum atomic E-state index is 12.3. The molecule has 1 fully saturated rings. The van der Waals surface area contributed by atoms with Crippen molar-refractivity contribution < 1.29 is 19.2 Å². The van der Waals surface area contributed by atoms with Gasteiger partial charge in [-0.2, -0.15) is 0 Å². The van der Waals surface area contributed by atoms with E-state index in [2.05, 4.69) is 10.1 Å². The zero-order valence-electron chi connectivity index (χ0n) is 17.8. The van der Waals surface area contributed by atoms with Crippen LogP contribution in [0, 0.1) is 0 Å². The largest absolute Gasteiger partial charge is 0.444 e. The van der Waals surface area contributed by atoms with Gasteiger partial charge < -0.3 is 19.4 Å². The van der Waals surface area contributed by atoms with Gasteiger partial charge in [-0.15, -0.1) is 11.3 Å². The summed E-state index contributed by atoms with van der Waals surface area (Å²) in [5.41, 5.74) is 1.35. The molecule has 3 heterocycles. The Kier molecular flexibility index (Phi) is 5.82. The molecule has 0 spiro atoms. The lowest BCUT2D eigenvalue weighted by atomic mass is 10.0. The molecule has 2 aliphatic rings. The fourth-order valence-electron chi connectivity index (χ4n) is 3.38. The summed E-state index contributed by atoms with van der Waals surface area (Å²) in [4.78, 5) is 34.3. The molecule has 8 heteroatoms. The Morgan fingerprint density at radius 1 is 1.10 bits per heavy atom. The molecule has 1 aromatic heterocycles. The minimum Gasteiger partial charge on any atom is -0.444 e. The maximum Gasteiger partial charge on any atom is 0.410 e. The molecule has 0 radical (unpaired) electrons. The zero-order chi connectivity index (χ0) is 22.0. The minimum atomic E-state index is -0.492. The van der Waals surface area contributed by atoms with Crippen LogP contribution in [0.5, 0.6) is 0 Å². The minimum absolute atomic E-state index is 0.267. The monoisotopic (exact) mass is 439 g/mol. The highest BCUT2D eigenvalue weighted by molar-refractivity contribution is 7.17. The highest BCUT2D eigenvalue weighted by atomic mass is 32.1. The first-order chi connectivity index (χ1) is 14.8. The molecule has 162 valence electrons. The van der Waals surface area contributed by atoms with Gasteiger partial charge in [0.15, 0.2) is 0 Å². The molecule has 0 bridgehead atoms. The number of amides is 1. The molecule has 0 atom stereocenters. The first-order valence-electron chi connectivity index (χ1n) is 10.2. The summed E-state index contributed by atoms with van der Waals surface area (Å²) in [5.74, 6) is -0.445. The quantitative estimate of drug-likeness (QED) is 0.531. The standard InChI is InChI=1S/C23H25N3O4S/c1-23(2,3)29-22(28)26-13-11-25(12-14-26)19-10-9-17(31-19)15-18-20(24-30-21(18)27)16-7-5-4-6-8-16/h4-10,15H,11-14H2,1-3H3/b18-15-. The van der Waals surface area contributed by atoms with Crippen LogP contribution in [0.2, 0.25) is 0 Å². The number of nitrogens with zero attached hydrogens (tertiary/aromatic N) is 3.